The monoisotopic (exact) mass is 648 g/mol. The van der Waals surface area contributed by atoms with Gasteiger partial charge in [0.15, 0.2) is 5.75 Å². The van der Waals surface area contributed by atoms with Crippen LogP contribution in [0.5, 0.6) is 11.5 Å². The summed E-state index contributed by atoms with van der Waals surface area (Å²) in [6.07, 6.45) is -6.29. The van der Waals surface area contributed by atoms with E-state index in [4.69, 9.17) is 10.5 Å². The first kappa shape index (κ1) is 34.2. The highest BCUT2D eigenvalue weighted by molar-refractivity contribution is 5.97. The van der Waals surface area contributed by atoms with Crippen molar-refractivity contribution >= 4 is 35.1 Å². The van der Waals surface area contributed by atoms with Gasteiger partial charge in [-0.2, -0.15) is 18.7 Å². The Bertz CT molecular complexity index is 1740. The summed E-state index contributed by atoms with van der Waals surface area (Å²) in [6.45, 7) is 1.75. The van der Waals surface area contributed by atoms with Crippen LogP contribution in [0.15, 0.2) is 97.1 Å². The lowest BCUT2D eigenvalue weighted by Crippen LogP contribution is -2.36. The van der Waals surface area contributed by atoms with E-state index in [9.17, 15) is 32.3 Å². The molecule has 0 radical (unpaired) electrons. The van der Waals surface area contributed by atoms with Crippen LogP contribution in [0, 0.1) is 0 Å². The molecule has 0 spiro atoms. The predicted molar refractivity (Wildman–Crippen MR) is 168 cm³/mol. The maximum absolute atomic E-state index is 13.6. The fourth-order valence-corrected chi connectivity index (χ4v) is 4.47. The summed E-state index contributed by atoms with van der Waals surface area (Å²) in [5.74, 6) is -3.63. The number of hydrogen-bond donors (Lipinski definition) is 3. The van der Waals surface area contributed by atoms with Crippen molar-refractivity contribution in [1.82, 2.24) is 5.48 Å². The third-order valence-corrected chi connectivity index (χ3v) is 6.68. The molecule has 0 aliphatic rings. The molecule has 4 rings (SSSR count). The van der Waals surface area contributed by atoms with Crippen LogP contribution in [-0.2, 0) is 37.1 Å². The largest absolute Gasteiger partial charge is 0.493 e. The average molecular weight is 649 g/mol. The number of hydrogen-bond acceptors (Lipinski definition) is 7. The first-order chi connectivity index (χ1) is 22.4. The second-order valence-electron chi connectivity index (χ2n) is 10.3. The van der Waals surface area contributed by atoms with E-state index in [1.807, 2.05) is 48.5 Å². The van der Waals surface area contributed by atoms with Crippen LogP contribution in [-0.4, -0.2) is 29.9 Å². The quantitative estimate of drug-likeness (QED) is 0.169. The van der Waals surface area contributed by atoms with Gasteiger partial charge in [-0.3, -0.25) is 14.4 Å². The van der Waals surface area contributed by atoms with Gasteiger partial charge in [0.2, 0.25) is 11.8 Å². The van der Waals surface area contributed by atoms with Crippen LogP contribution >= 0.6 is 0 Å². The van der Waals surface area contributed by atoms with E-state index < -0.39 is 36.8 Å². The number of hydroxylamine groups is 1. The lowest BCUT2D eigenvalue weighted by molar-refractivity contribution is -0.207. The summed E-state index contributed by atoms with van der Waals surface area (Å²) in [4.78, 5) is 53.3. The predicted octanol–water partition coefficient (Wildman–Crippen LogP) is 6.01. The molecule has 0 fully saturated rings. The third-order valence-electron chi connectivity index (χ3n) is 6.68. The lowest BCUT2D eigenvalue weighted by atomic mass is 10.0. The number of carbonyl (C=O) groups excluding carboxylic acids is 4. The molecule has 0 heterocycles. The zero-order valence-corrected chi connectivity index (χ0v) is 25.2. The fraction of sp³-hybridized carbons (Fsp3) is 0.176. The highest BCUT2D eigenvalue weighted by Crippen LogP contribution is 2.34. The zero-order valence-electron chi connectivity index (χ0n) is 25.2. The number of halogens is 3. The Morgan fingerprint density at radius 2 is 1.53 bits per heavy atom. The van der Waals surface area contributed by atoms with Crippen LogP contribution < -0.4 is 26.2 Å². The summed E-state index contributed by atoms with van der Waals surface area (Å²) in [7, 11) is 0. The van der Waals surface area contributed by atoms with E-state index in [0.29, 0.717) is 28.4 Å². The molecule has 0 aliphatic heterocycles. The number of carbonyl (C=O) groups is 4. The van der Waals surface area contributed by atoms with Crippen LogP contribution in [0.25, 0.3) is 11.1 Å². The van der Waals surface area contributed by atoms with Gasteiger partial charge in [-0.05, 0) is 58.7 Å². The van der Waals surface area contributed by atoms with Crippen molar-refractivity contribution in [3.05, 3.63) is 108 Å². The minimum Gasteiger partial charge on any atom is -0.455 e. The molecule has 3 amide bonds. The molecule has 244 valence electrons. The molecule has 4 aromatic rings. The number of amides is 3. The molecule has 0 aliphatic carbocycles. The van der Waals surface area contributed by atoms with Crippen molar-refractivity contribution in [3.63, 3.8) is 0 Å². The Hall–Kier alpha value is -5.69. The van der Waals surface area contributed by atoms with Gasteiger partial charge in [0.05, 0.1) is 12.2 Å². The Balaban J connectivity index is 1.58. The first-order valence-corrected chi connectivity index (χ1v) is 14.3. The van der Waals surface area contributed by atoms with Crippen molar-refractivity contribution in [1.29, 1.82) is 0 Å². The van der Waals surface area contributed by atoms with Crippen molar-refractivity contribution in [2.24, 2.45) is 5.73 Å². The number of anilines is 2. The molecule has 0 saturated heterocycles. The molecular formula is C34H31F3N4O6. The number of benzene rings is 4. The maximum Gasteiger partial charge on any atom is 0.493 e. The third kappa shape index (κ3) is 9.90. The van der Waals surface area contributed by atoms with Gasteiger partial charge in [0.25, 0.3) is 5.91 Å². The highest BCUT2D eigenvalue weighted by Gasteiger charge is 2.42. The van der Waals surface area contributed by atoms with Crippen LogP contribution in [0.1, 0.15) is 30.9 Å². The molecule has 0 unspecified atom stereocenters. The van der Waals surface area contributed by atoms with Gasteiger partial charge >= 0.3 is 12.1 Å². The topological polar surface area (TPSA) is 140 Å². The minimum atomic E-state index is -5.29. The summed E-state index contributed by atoms with van der Waals surface area (Å²) in [5.41, 5.74) is 11.4. The molecule has 4 N–H and O–H groups in total. The molecular weight excluding hydrogens is 617 g/mol. The van der Waals surface area contributed by atoms with Gasteiger partial charge in [-0.1, -0.05) is 60.7 Å². The SMILES string of the molecule is CC(=O)Nc1cccc(-c2ccc(CN(C(=O)CCC(=O)NOC(=O)C(F)(F)F)c3ccccc3Oc3cccc(CN)c3)cc2)c1. The number of nitrogens with one attached hydrogen (secondary N) is 2. The smallest absolute Gasteiger partial charge is 0.455 e. The van der Waals surface area contributed by atoms with Gasteiger partial charge in [0.1, 0.15) is 5.75 Å². The molecule has 0 saturated carbocycles. The van der Waals surface area contributed by atoms with Gasteiger partial charge in [0, 0.05) is 32.0 Å². The lowest BCUT2D eigenvalue weighted by Gasteiger charge is -2.25. The zero-order chi connectivity index (χ0) is 34.0. The first-order valence-electron chi connectivity index (χ1n) is 14.3. The second kappa shape index (κ2) is 15.5. The van der Waals surface area contributed by atoms with E-state index in [0.717, 1.165) is 16.7 Å². The number of para-hydroxylation sites is 2. The Kier molecular flexibility index (Phi) is 11.3. The van der Waals surface area contributed by atoms with Crippen molar-refractivity contribution in [2.45, 2.75) is 39.0 Å². The van der Waals surface area contributed by atoms with E-state index in [1.165, 1.54) is 17.3 Å². The number of ether oxygens (including phenoxy) is 1. The Morgan fingerprint density at radius 3 is 2.23 bits per heavy atom. The molecule has 13 heteroatoms. The summed E-state index contributed by atoms with van der Waals surface area (Å²) in [5, 5.41) is 2.75. The standard InChI is InChI=1S/C34H31F3N4O6/c1-22(42)39-27-8-5-7-26(19-27)25-14-12-23(13-15-25)21-41(32(44)17-16-31(43)40-47-33(45)34(35,36)37)29-10-2-3-11-30(29)46-28-9-4-6-24(18-28)20-38/h2-15,18-19H,16-17,20-21,38H2,1H3,(H,39,42)(H,40,43). The Morgan fingerprint density at radius 1 is 0.809 bits per heavy atom. The molecule has 10 nitrogen and oxygen atoms in total. The molecule has 0 aromatic heterocycles. The van der Waals surface area contributed by atoms with Crippen molar-refractivity contribution in [2.75, 3.05) is 10.2 Å². The second-order valence-corrected chi connectivity index (χ2v) is 10.3. The van der Waals surface area contributed by atoms with E-state index in [-0.39, 0.29) is 19.0 Å². The normalized spacial score (nSPS) is 10.9. The van der Waals surface area contributed by atoms with E-state index >= 15 is 0 Å². The van der Waals surface area contributed by atoms with Crippen LogP contribution in [0.2, 0.25) is 0 Å². The van der Waals surface area contributed by atoms with Gasteiger partial charge < -0.3 is 25.5 Å². The van der Waals surface area contributed by atoms with Crippen LogP contribution in [0.3, 0.4) is 0 Å². The van der Waals surface area contributed by atoms with Crippen LogP contribution in [0.4, 0.5) is 24.5 Å². The number of nitrogens with two attached hydrogens (primary N) is 1. The minimum absolute atomic E-state index is 0.0406. The number of rotatable bonds is 11. The Labute approximate surface area is 268 Å². The number of alkyl halides is 3. The summed E-state index contributed by atoms with van der Waals surface area (Å²) < 4.78 is 43.4. The molecule has 0 bridgehead atoms. The summed E-state index contributed by atoms with van der Waals surface area (Å²) in [6, 6.07) is 28.5. The van der Waals surface area contributed by atoms with Crippen molar-refractivity contribution < 1.29 is 41.9 Å². The van der Waals surface area contributed by atoms with Gasteiger partial charge in [-0.25, -0.2) is 4.79 Å². The molecule has 47 heavy (non-hydrogen) atoms. The maximum atomic E-state index is 13.6. The van der Waals surface area contributed by atoms with Gasteiger partial charge in [-0.15, -0.1) is 0 Å². The average Bonchev–Trinajstić information content (AvgIpc) is 3.05. The van der Waals surface area contributed by atoms with Crippen molar-refractivity contribution in [3.8, 4) is 22.6 Å². The highest BCUT2D eigenvalue weighted by atomic mass is 19.4. The van der Waals surface area contributed by atoms with E-state index in [1.54, 1.807) is 48.5 Å². The van der Waals surface area contributed by atoms with E-state index in [2.05, 4.69) is 10.2 Å². The molecule has 0 atom stereocenters. The fourth-order valence-electron chi connectivity index (χ4n) is 4.47. The summed E-state index contributed by atoms with van der Waals surface area (Å²) >= 11 is 0. The number of nitrogens with zero attached hydrogens (tertiary/aromatic N) is 1. The molecule has 4 aromatic carbocycles.